The summed E-state index contributed by atoms with van der Waals surface area (Å²) in [5.74, 6) is 0. The topological polar surface area (TPSA) is 34.5 Å². The summed E-state index contributed by atoms with van der Waals surface area (Å²) in [5, 5.41) is 14.4. The average molecular weight is 893 g/mol. The lowest BCUT2D eigenvalue weighted by Gasteiger charge is -2.26. The molecular weight excluding hydrogens is 853 g/mol. The highest BCUT2D eigenvalue weighted by Crippen LogP contribution is 2.48. The van der Waals surface area contributed by atoms with Gasteiger partial charge in [-0.15, -0.1) is 0 Å². The van der Waals surface area contributed by atoms with Gasteiger partial charge in [-0.3, -0.25) is 0 Å². The summed E-state index contributed by atoms with van der Waals surface area (Å²) >= 11 is 0. The number of furan rings is 2. The highest BCUT2D eigenvalue weighted by Gasteiger charge is 2.24. The minimum Gasteiger partial charge on any atom is -0.456 e. The minimum absolute atomic E-state index is 0.861. The molecular formula is C66H40N2O2. The van der Waals surface area contributed by atoms with E-state index in [1.807, 2.05) is 12.1 Å². The summed E-state index contributed by atoms with van der Waals surface area (Å²) in [6, 6.07) is 87.5. The summed E-state index contributed by atoms with van der Waals surface area (Å²) in [5.41, 5.74) is 14.6. The molecule has 15 rings (SSSR count). The Balaban J connectivity index is 0.970. The van der Waals surface area contributed by atoms with Crippen molar-refractivity contribution in [3.8, 4) is 27.9 Å². The fourth-order valence-corrected chi connectivity index (χ4v) is 11.4. The second-order valence-corrected chi connectivity index (χ2v) is 18.4. The van der Waals surface area contributed by atoms with Crippen LogP contribution in [0.4, 0.5) is 17.1 Å². The predicted molar refractivity (Wildman–Crippen MR) is 293 cm³/mol. The molecule has 0 unspecified atom stereocenters. The first-order valence-corrected chi connectivity index (χ1v) is 23.9. The summed E-state index contributed by atoms with van der Waals surface area (Å²) in [4.78, 5) is 2.32. The van der Waals surface area contributed by atoms with Gasteiger partial charge in [-0.25, -0.2) is 0 Å². The molecule has 12 aromatic carbocycles. The molecule has 4 nitrogen and oxygen atoms in total. The zero-order valence-electron chi connectivity index (χ0n) is 37.8. The summed E-state index contributed by atoms with van der Waals surface area (Å²) in [6.07, 6.45) is 0. The van der Waals surface area contributed by atoms with Crippen molar-refractivity contribution < 1.29 is 8.83 Å². The molecule has 4 heteroatoms. The molecule has 0 aliphatic heterocycles. The Morgan fingerprint density at radius 3 is 1.50 bits per heavy atom. The molecule has 0 aliphatic rings. The molecule has 15 aromatic rings. The maximum absolute atomic E-state index is 6.78. The molecule has 0 aliphatic carbocycles. The summed E-state index contributed by atoms with van der Waals surface area (Å²) in [7, 11) is 0. The summed E-state index contributed by atoms with van der Waals surface area (Å²) < 4.78 is 15.5. The Kier molecular flexibility index (Phi) is 8.33. The Hall–Kier alpha value is -9.38. The summed E-state index contributed by atoms with van der Waals surface area (Å²) in [6.45, 7) is 0. The van der Waals surface area contributed by atoms with Crippen LogP contribution in [0.1, 0.15) is 0 Å². The highest BCUT2D eigenvalue weighted by molar-refractivity contribution is 6.28. The molecule has 0 atom stereocenters. The van der Waals surface area contributed by atoms with Crippen LogP contribution in [0.15, 0.2) is 251 Å². The predicted octanol–water partition coefficient (Wildman–Crippen LogP) is 18.8. The highest BCUT2D eigenvalue weighted by atomic mass is 16.3. The van der Waals surface area contributed by atoms with Crippen LogP contribution in [-0.4, -0.2) is 4.57 Å². The zero-order chi connectivity index (χ0) is 45.9. The van der Waals surface area contributed by atoms with E-state index in [-0.39, 0.29) is 0 Å². The monoisotopic (exact) mass is 892 g/mol. The van der Waals surface area contributed by atoms with Gasteiger partial charge in [0.05, 0.1) is 11.0 Å². The molecule has 0 spiro atoms. The third kappa shape index (κ3) is 5.77. The van der Waals surface area contributed by atoms with Crippen LogP contribution in [0.25, 0.3) is 126 Å². The van der Waals surface area contributed by atoms with E-state index >= 15 is 0 Å². The molecule has 0 amide bonds. The molecule has 70 heavy (non-hydrogen) atoms. The van der Waals surface area contributed by atoms with Crippen LogP contribution < -0.4 is 4.90 Å². The fraction of sp³-hybridized carbons (Fsp3) is 0. The Bertz CT molecular complexity index is 4540. The van der Waals surface area contributed by atoms with E-state index in [9.17, 15) is 0 Å². The van der Waals surface area contributed by atoms with Gasteiger partial charge in [-0.05, 0) is 134 Å². The largest absolute Gasteiger partial charge is 0.456 e. The quantitative estimate of drug-likeness (QED) is 0.156. The van der Waals surface area contributed by atoms with Gasteiger partial charge in [-0.1, -0.05) is 152 Å². The maximum atomic E-state index is 6.78. The molecule has 3 aromatic heterocycles. The Labute approximate surface area is 402 Å². The lowest BCUT2D eigenvalue weighted by atomic mass is 9.91. The van der Waals surface area contributed by atoms with Crippen molar-refractivity contribution in [1.29, 1.82) is 0 Å². The maximum Gasteiger partial charge on any atom is 0.138 e. The molecule has 326 valence electrons. The normalized spacial score (nSPS) is 12.0. The van der Waals surface area contributed by atoms with Gasteiger partial charge in [0.1, 0.15) is 22.3 Å². The molecule has 0 N–H and O–H groups in total. The third-order valence-corrected chi connectivity index (χ3v) is 14.5. The van der Waals surface area contributed by atoms with Gasteiger partial charge in [0.2, 0.25) is 0 Å². The van der Waals surface area contributed by atoms with Crippen molar-refractivity contribution in [2.45, 2.75) is 0 Å². The van der Waals surface area contributed by atoms with E-state index < -0.39 is 0 Å². The number of anilines is 3. The molecule has 0 fully saturated rings. The fourth-order valence-electron chi connectivity index (χ4n) is 11.4. The molecule has 3 heterocycles. The van der Waals surface area contributed by atoms with Crippen molar-refractivity contribution in [3.05, 3.63) is 243 Å². The third-order valence-electron chi connectivity index (χ3n) is 14.5. The van der Waals surface area contributed by atoms with Gasteiger partial charge < -0.3 is 18.3 Å². The van der Waals surface area contributed by atoms with E-state index in [1.54, 1.807) is 0 Å². The van der Waals surface area contributed by atoms with Crippen molar-refractivity contribution in [2.75, 3.05) is 4.90 Å². The van der Waals surface area contributed by atoms with Crippen LogP contribution >= 0.6 is 0 Å². The first-order valence-electron chi connectivity index (χ1n) is 23.9. The van der Waals surface area contributed by atoms with Gasteiger partial charge in [-0.2, -0.15) is 0 Å². The number of fused-ring (bicyclic) bond motifs is 15. The van der Waals surface area contributed by atoms with Crippen LogP contribution in [0.5, 0.6) is 0 Å². The van der Waals surface area contributed by atoms with Gasteiger partial charge in [0.25, 0.3) is 0 Å². The average Bonchev–Trinajstić information content (AvgIpc) is 4.10. The van der Waals surface area contributed by atoms with E-state index in [1.165, 1.54) is 54.2 Å². The number of hydrogen-bond donors (Lipinski definition) is 0. The molecule has 0 saturated carbocycles. The number of aromatic nitrogens is 1. The Morgan fingerprint density at radius 1 is 0.271 bits per heavy atom. The molecule has 0 radical (unpaired) electrons. The molecule has 0 saturated heterocycles. The first-order chi connectivity index (χ1) is 34.7. The van der Waals surface area contributed by atoms with E-state index in [0.717, 1.165) is 88.8 Å². The minimum atomic E-state index is 0.861. The smallest absolute Gasteiger partial charge is 0.138 e. The second-order valence-electron chi connectivity index (χ2n) is 18.4. The lowest BCUT2D eigenvalue weighted by molar-refractivity contribution is 0.668. The number of nitrogens with zero attached hydrogens (tertiary/aromatic N) is 2. The van der Waals surface area contributed by atoms with Gasteiger partial charge in [0, 0.05) is 66.7 Å². The zero-order valence-corrected chi connectivity index (χ0v) is 37.8. The van der Waals surface area contributed by atoms with Crippen LogP contribution in [0, 0.1) is 0 Å². The van der Waals surface area contributed by atoms with E-state index in [0.29, 0.717) is 0 Å². The van der Waals surface area contributed by atoms with Crippen LogP contribution in [0.2, 0.25) is 0 Å². The SMILES string of the molecule is c1ccc(-c2c3c(cc4c2c2cc(-c5ccc6c7ccccc7c7ccccc7c6c5)ccc2n4-c2ccc(N(c4ccccc4)c4ccc5oc6ccccc6c5c4)cc2)oc2ccccc23)cc1. The standard InChI is InChI=1S/C66H40N2O2/c1-3-15-41(16-4-1)64-65-57-38-43(42-27-34-52-50-21-8-7-19-48(50)49-20-9-10-22-51(49)55(52)37-42)28-35-58(57)68(59(65)40-63-66(64)54-24-12-14-26-61(54)70-63)46-31-29-45(30-32-46)67(44-17-5-2-6-18-44)47-33-36-62-56(39-47)53-23-11-13-25-60(53)69-62/h1-40H. The van der Waals surface area contributed by atoms with Crippen molar-refractivity contribution >= 4 is 115 Å². The number of rotatable bonds is 6. The van der Waals surface area contributed by atoms with Crippen molar-refractivity contribution in [3.63, 3.8) is 0 Å². The van der Waals surface area contributed by atoms with Crippen LogP contribution in [-0.2, 0) is 0 Å². The second kappa shape index (κ2) is 15.1. The van der Waals surface area contributed by atoms with E-state index in [2.05, 4.69) is 240 Å². The van der Waals surface area contributed by atoms with Gasteiger partial charge >= 0.3 is 0 Å². The first kappa shape index (κ1) is 38.7. The number of benzene rings is 12. The van der Waals surface area contributed by atoms with Crippen molar-refractivity contribution in [1.82, 2.24) is 4.57 Å². The number of hydrogen-bond acceptors (Lipinski definition) is 3. The van der Waals surface area contributed by atoms with E-state index in [4.69, 9.17) is 8.83 Å². The number of para-hydroxylation sites is 3. The van der Waals surface area contributed by atoms with Gasteiger partial charge in [0.15, 0.2) is 0 Å². The van der Waals surface area contributed by atoms with Crippen molar-refractivity contribution in [2.24, 2.45) is 0 Å². The van der Waals surface area contributed by atoms with Crippen LogP contribution in [0.3, 0.4) is 0 Å². The molecule has 0 bridgehead atoms. The Morgan fingerprint density at radius 2 is 0.786 bits per heavy atom. The lowest BCUT2D eigenvalue weighted by Crippen LogP contribution is -2.09.